The summed E-state index contributed by atoms with van der Waals surface area (Å²) >= 11 is 0. The van der Waals surface area contributed by atoms with E-state index >= 15 is 0 Å². The fraction of sp³-hybridized carbons (Fsp3) is 0.786. The third kappa shape index (κ3) is 2.94. The number of carbonyl (C=O) groups is 3. The van der Waals surface area contributed by atoms with E-state index in [2.05, 4.69) is 17.6 Å². The number of nitrogens with one attached hydrogen (secondary N) is 2. The molecule has 112 valence electrons. The molecule has 1 heterocycles. The lowest BCUT2D eigenvalue weighted by molar-refractivity contribution is -0.135. The van der Waals surface area contributed by atoms with Gasteiger partial charge in [-0.1, -0.05) is 19.8 Å². The first-order valence-corrected chi connectivity index (χ1v) is 7.40. The van der Waals surface area contributed by atoms with Crippen LogP contribution in [0.4, 0.5) is 4.79 Å². The van der Waals surface area contributed by atoms with Gasteiger partial charge in [-0.3, -0.25) is 14.5 Å². The molecule has 1 unspecified atom stereocenters. The van der Waals surface area contributed by atoms with Crippen molar-refractivity contribution in [1.29, 1.82) is 0 Å². The van der Waals surface area contributed by atoms with Gasteiger partial charge in [0.25, 0.3) is 5.91 Å². The molecule has 1 aliphatic heterocycles. The summed E-state index contributed by atoms with van der Waals surface area (Å²) in [6.07, 6.45) is 4.98. The number of hydrogen-bond acceptors (Lipinski definition) is 3. The fourth-order valence-corrected chi connectivity index (χ4v) is 2.60. The van der Waals surface area contributed by atoms with Gasteiger partial charge in [0.1, 0.15) is 12.1 Å². The minimum absolute atomic E-state index is 0.181. The van der Waals surface area contributed by atoms with Crippen molar-refractivity contribution in [2.24, 2.45) is 5.92 Å². The van der Waals surface area contributed by atoms with Gasteiger partial charge in [-0.15, -0.1) is 0 Å². The summed E-state index contributed by atoms with van der Waals surface area (Å²) in [5, 5.41) is 5.48. The van der Waals surface area contributed by atoms with Gasteiger partial charge in [-0.25, -0.2) is 4.79 Å². The van der Waals surface area contributed by atoms with Crippen molar-refractivity contribution in [2.75, 3.05) is 13.1 Å². The molecule has 4 amide bonds. The van der Waals surface area contributed by atoms with Crippen molar-refractivity contribution >= 4 is 17.8 Å². The molecule has 2 N–H and O–H groups in total. The zero-order valence-electron chi connectivity index (χ0n) is 12.2. The van der Waals surface area contributed by atoms with Gasteiger partial charge in [0.05, 0.1) is 0 Å². The van der Waals surface area contributed by atoms with Crippen molar-refractivity contribution in [3.8, 4) is 0 Å². The van der Waals surface area contributed by atoms with E-state index in [0.717, 1.165) is 37.0 Å². The van der Waals surface area contributed by atoms with Crippen molar-refractivity contribution in [3.63, 3.8) is 0 Å². The van der Waals surface area contributed by atoms with Crippen LogP contribution in [0.2, 0.25) is 0 Å². The SMILES string of the molecule is CCCCCNC(=O)CN1C(=O)NC(C)(C2CC2)C1=O. The van der Waals surface area contributed by atoms with Crippen LogP contribution in [0, 0.1) is 5.92 Å². The maximum absolute atomic E-state index is 12.3. The number of nitrogens with zero attached hydrogens (tertiary/aromatic N) is 1. The molecule has 0 aromatic rings. The monoisotopic (exact) mass is 281 g/mol. The zero-order valence-corrected chi connectivity index (χ0v) is 12.2. The van der Waals surface area contributed by atoms with E-state index in [1.54, 1.807) is 6.92 Å². The average Bonchev–Trinajstić information content (AvgIpc) is 3.21. The van der Waals surface area contributed by atoms with Gasteiger partial charge in [0.15, 0.2) is 0 Å². The summed E-state index contributed by atoms with van der Waals surface area (Å²) in [5.74, 6) is -0.324. The number of amides is 4. The first-order valence-electron chi connectivity index (χ1n) is 7.40. The van der Waals surface area contributed by atoms with Crippen molar-refractivity contribution in [1.82, 2.24) is 15.5 Å². The second kappa shape index (κ2) is 5.81. The Balaban J connectivity index is 1.84. The van der Waals surface area contributed by atoms with Crippen LogP contribution in [0.3, 0.4) is 0 Å². The maximum atomic E-state index is 12.3. The third-order valence-electron chi connectivity index (χ3n) is 4.10. The van der Waals surface area contributed by atoms with Gasteiger partial charge < -0.3 is 10.6 Å². The molecular formula is C14H23N3O3. The molecule has 6 nitrogen and oxygen atoms in total. The van der Waals surface area contributed by atoms with Crippen LogP contribution in [0.1, 0.15) is 46.0 Å². The molecule has 0 spiro atoms. The highest BCUT2D eigenvalue weighted by molar-refractivity contribution is 6.09. The molecule has 0 radical (unpaired) electrons. The molecule has 6 heteroatoms. The van der Waals surface area contributed by atoms with E-state index in [9.17, 15) is 14.4 Å². The van der Waals surface area contributed by atoms with E-state index in [1.165, 1.54) is 0 Å². The normalized spacial score (nSPS) is 25.8. The van der Waals surface area contributed by atoms with Crippen LogP contribution in [0.5, 0.6) is 0 Å². The number of unbranched alkanes of at least 4 members (excludes halogenated alkanes) is 2. The second-order valence-electron chi connectivity index (χ2n) is 5.86. The Morgan fingerprint density at radius 2 is 2.10 bits per heavy atom. The first-order chi connectivity index (χ1) is 9.49. The van der Waals surface area contributed by atoms with Crippen LogP contribution in [-0.4, -0.2) is 41.4 Å². The molecule has 1 aliphatic carbocycles. The summed E-state index contributed by atoms with van der Waals surface area (Å²) in [7, 11) is 0. The van der Waals surface area contributed by atoms with Crippen molar-refractivity contribution in [3.05, 3.63) is 0 Å². The summed E-state index contributed by atoms with van der Waals surface area (Å²) in [4.78, 5) is 37.0. The van der Waals surface area contributed by atoms with Gasteiger partial charge in [0, 0.05) is 6.54 Å². The quantitative estimate of drug-likeness (QED) is 0.540. The number of rotatable bonds is 7. The van der Waals surface area contributed by atoms with Crippen LogP contribution in [0.25, 0.3) is 0 Å². The van der Waals surface area contributed by atoms with Gasteiger partial charge in [-0.2, -0.15) is 0 Å². The molecule has 2 rings (SSSR count). The lowest BCUT2D eigenvalue weighted by atomic mass is 9.96. The minimum Gasteiger partial charge on any atom is -0.355 e. The Kier molecular flexibility index (Phi) is 4.30. The Bertz CT molecular complexity index is 420. The fourth-order valence-electron chi connectivity index (χ4n) is 2.60. The molecule has 0 bridgehead atoms. The van der Waals surface area contributed by atoms with Gasteiger partial charge in [0.2, 0.25) is 5.91 Å². The maximum Gasteiger partial charge on any atom is 0.325 e. The highest BCUT2D eigenvalue weighted by atomic mass is 16.2. The molecule has 0 aromatic carbocycles. The standard InChI is InChI=1S/C14H23N3O3/c1-3-4-5-8-15-11(18)9-17-12(19)14(2,10-6-7-10)16-13(17)20/h10H,3-9H2,1-2H3,(H,15,18)(H,16,20). The Morgan fingerprint density at radius 3 is 2.70 bits per heavy atom. The van der Waals surface area contributed by atoms with Crippen LogP contribution in [0.15, 0.2) is 0 Å². The molecule has 1 saturated carbocycles. The lowest BCUT2D eigenvalue weighted by Gasteiger charge is -2.20. The predicted octanol–water partition coefficient (Wildman–Crippen LogP) is 1.01. The Labute approximate surface area is 119 Å². The smallest absolute Gasteiger partial charge is 0.325 e. The lowest BCUT2D eigenvalue weighted by Crippen LogP contribution is -2.47. The van der Waals surface area contributed by atoms with Crippen LogP contribution >= 0.6 is 0 Å². The Morgan fingerprint density at radius 1 is 1.40 bits per heavy atom. The molecule has 1 atom stereocenters. The highest BCUT2D eigenvalue weighted by Crippen LogP contribution is 2.42. The first kappa shape index (κ1) is 14.8. The van der Waals surface area contributed by atoms with E-state index in [4.69, 9.17) is 0 Å². The molecule has 1 saturated heterocycles. The molecule has 20 heavy (non-hydrogen) atoms. The van der Waals surface area contributed by atoms with Crippen molar-refractivity contribution in [2.45, 2.75) is 51.5 Å². The topological polar surface area (TPSA) is 78.5 Å². The largest absolute Gasteiger partial charge is 0.355 e. The predicted molar refractivity (Wildman–Crippen MR) is 73.9 cm³/mol. The van der Waals surface area contributed by atoms with Gasteiger partial charge in [-0.05, 0) is 32.1 Å². The van der Waals surface area contributed by atoms with E-state index in [-0.39, 0.29) is 24.3 Å². The molecular weight excluding hydrogens is 258 g/mol. The summed E-state index contributed by atoms with van der Waals surface area (Å²) in [6.45, 7) is 4.26. The molecule has 2 fully saturated rings. The molecule has 2 aliphatic rings. The number of urea groups is 1. The number of hydrogen-bond donors (Lipinski definition) is 2. The average molecular weight is 281 g/mol. The zero-order chi connectivity index (χ0) is 14.8. The highest BCUT2D eigenvalue weighted by Gasteiger charge is 2.56. The number of imide groups is 1. The second-order valence-corrected chi connectivity index (χ2v) is 5.86. The number of carbonyl (C=O) groups excluding carboxylic acids is 3. The van der Waals surface area contributed by atoms with E-state index in [1.807, 2.05) is 0 Å². The van der Waals surface area contributed by atoms with E-state index < -0.39 is 11.6 Å². The van der Waals surface area contributed by atoms with Gasteiger partial charge >= 0.3 is 6.03 Å². The minimum atomic E-state index is -0.806. The third-order valence-corrected chi connectivity index (χ3v) is 4.10. The Hall–Kier alpha value is -1.59. The van der Waals surface area contributed by atoms with Crippen LogP contribution in [-0.2, 0) is 9.59 Å². The summed E-state index contributed by atoms with van der Waals surface area (Å²) in [6, 6.07) is -0.451. The van der Waals surface area contributed by atoms with E-state index in [0.29, 0.717) is 6.54 Å². The summed E-state index contributed by atoms with van der Waals surface area (Å²) in [5.41, 5.74) is -0.806. The van der Waals surface area contributed by atoms with Crippen LogP contribution < -0.4 is 10.6 Å². The van der Waals surface area contributed by atoms with Crippen molar-refractivity contribution < 1.29 is 14.4 Å². The summed E-state index contributed by atoms with van der Waals surface area (Å²) < 4.78 is 0. The molecule has 0 aromatic heterocycles.